The van der Waals surface area contributed by atoms with Gasteiger partial charge in [0.15, 0.2) is 0 Å². The van der Waals surface area contributed by atoms with Gasteiger partial charge in [-0.3, -0.25) is 4.79 Å². The number of carbonyl (C=O) groups is 1. The number of pyridine rings is 1. The summed E-state index contributed by atoms with van der Waals surface area (Å²) in [5.41, 5.74) is 2.01. The van der Waals surface area contributed by atoms with Gasteiger partial charge >= 0.3 is 0 Å². The predicted octanol–water partition coefficient (Wildman–Crippen LogP) is 1.98. The normalized spacial score (nSPS) is 12.0. The molecule has 0 aliphatic carbocycles. The van der Waals surface area contributed by atoms with Crippen LogP contribution < -0.4 is 5.32 Å². The zero-order valence-corrected chi connectivity index (χ0v) is 15.4. The van der Waals surface area contributed by atoms with Crippen molar-refractivity contribution in [3.8, 4) is 0 Å². The second kappa shape index (κ2) is 8.11. The molecule has 1 atom stereocenters. The standard InChI is InChI=1S/C18H19N5O2S/c1-23-12-19-22-16(23)10-9-13-5-3-6-14(11-13)20-18(24)15-7-4-8-17(21-15)26(2)25/h3-8,11-12H,9-10H2,1-2H3,(H,20,24). The molecule has 0 aliphatic heterocycles. The monoisotopic (exact) mass is 369 g/mol. The highest BCUT2D eigenvalue weighted by atomic mass is 32.2. The molecule has 26 heavy (non-hydrogen) atoms. The van der Waals surface area contributed by atoms with E-state index in [9.17, 15) is 9.35 Å². The lowest BCUT2D eigenvalue weighted by Crippen LogP contribution is -2.15. The van der Waals surface area contributed by atoms with Crippen LogP contribution in [0, 0.1) is 0 Å². The van der Waals surface area contributed by atoms with Crippen LogP contribution in [0.2, 0.25) is 0 Å². The molecular formula is C18H19N5O2S. The molecular weight excluding hydrogens is 350 g/mol. The largest absolute Gasteiger partial charge is 0.610 e. The SMILES string of the molecule is Cn1cnnc1CCc1cccc(NC(=O)c2cccc([S+](C)[O-])n2)c1. The van der Waals surface area contributed by atoms with Crippen LogP contribution in [0.25, 0.3) is 0 Å². The van der Waals surface area contributed by atoms with E-state index in [-0.39, 0.29) is 11.6 Å². The van der Waals surface area contributed by atoms with Gasteiger partial charge in [0.25, 0.3) is 5.91 Å². The Labute approximate surface area is 154 Å². The molecule has 3 rings (SSSR count). The van der Waals surface area contributed by atoms with Crippen molar-refractivity contribution in [2.45, 2.75) is 17.9 Å². The Hall–Kier alpha value is -2.71. The maximum Gasteiger partial charge on any atom is 0.274 e. The number of nitrogens with zero attached hydrogens (tertiary/aromatic N) is 4. The second-order valence-electron chi connectivity index (χ2n) is 5.83. The molecule has 0 radical (unpaired) electrons. The first-order chi connectivity index (χ1) is 12.5. The number of nitrogens with one attached hydrogen (secondary N) is 1. The van der Waals surface area contributed by atoms with Gasteiger partial charge in [0.2, 0.25) is 5.03 Å². The van der Waals surface area contributed by atoms with Crippen molar-refractivity contribution in [2.75, 3.05) is 11.6 Å². The fourth-order valence-corrected chi connectivity index (χ4v) is 2.99. The molecule has 7 nitrogen and oxygen atoms in total. The van der Waals surface area contributed by atoms with Crippen molar-refractivity contribution < 1.29 is 9.35 Å². The minimum atomic E-state index is -1.23. The Morgan fingerprint density at radius 1 is 1.23 bits per heavy atom. The third kappa shape index (κ3) is 4.47. The number of amides is 1. The number of rotatable bonds is 6. The number of hydrogen-bond acceptors (Lipinski definition) is 5. The van der Waals surface area contributed by atoms with Crippen LogP contribution in [-0.2, 0) is 31.1 Å². The van der Waals surface area contributed by atoms with Gasteiger partial charge in [-0.1, -0.05) is 18.2 Å². The van der Waals surface area contributed by atoms with E-state index in [1.165, 1.54) is 6.26 Å². The van der Waals surface area contributed by atoms with Gasteiger partial charge in [-0.2, -0.15) is 4.98 Å². The van der Waals surface area contributed by atoms with Crippen molar-refractivity contribution in [1.82, 2.24) is 19.7 Å². The van der Waals surface area contributed by atoms with Gasteiger partial charge in [0, 0.05) is 36.4 Å². The average molecular weight is 369 g/mol. The summed E-state index contributed by atoms with van der Waals surface area (Å²) in [5, 5.41) is 11.2. The van der Waals surface area contributed by atoms with Gasteiger partial charge in [-0.15, -0.1) is 10.2 Å². The number of benzene rings is 1. The minimum absolute atomic E-state index is 0.238. The summed E-state index contributed by atoms with van der Waals surface area (Å²) in [6.07, 6.45) is 4.76. The number of hydrogen-bond donors (Lipinski definition) is 1. The maximum atomic E-state index is 12.4. The van der Waals surface area contributed by atoms with Crippen LogP contribution in [0.5, 0.6) is 0 Å². The number of anilines is 1. The van der Waals surface area contributed by atoms with E-state index in [0.29, 0.717) is 10.7 Å². The summed E-state index contributed by atoms with van der Waals surface area (Å²) >= 11 is -1.23. The summed E-state index contributed by atoms with van der Waals surface area (Å²) in [4.78, 5) is 16.5. The number of aryl methyl sites for hydroxylation is 3. The van der Waals surface area contributed by atoms with Crippen LogP contribution in [0.3, 0.4) is 0 Å². The summed E-state index contributed by atoms with van der Waals surface area (Å²) in [6.45, 7) is 0. The van der Waals surface area contributed by atoms with Crippen LogP contribution >= 0.6 is 0 Å². The van der Waals surface area contributed by atoms with Crippen LogP contribution in [0.1, 0.15) is 21.9 Å². The molecule has 1 N–H and O–H groups in total. The predicted molar refractivity (Wildman–Crippen MR) is 99.4 cm³/mol. The van der Waals surface area contributed by atoms with Crippen molar-refractivity contribution in [3.63, 3.8) is 0 Å². The van der Waals surface area contributed by atoms with Crippen molar-refractivity contribution in [1.29, 1.82) is 0 Å². The fourth-order valence-electron chi connectivity index (χ4n) is 2.49. The molecule has 0 fully saturated rings. The van der Waals surface area contributed by atoms with E-state index in [1.807, 2.05) is 35.9 Å². The van der Waals surface area contributed by atoms with Crippen LogP contribution in [0.4, 0.5) is 5.69 Å². The first-order valence-electron chi connectivity index (χ1n) is 8.06. The lowest BCUT2D eigenvalue weighted by molar-refractivity contribution is 0.102. The summed E-state index contributed by atoms with van der Waals surface area (Å²) < 4.78 is 13.4. The molecule has 8 heteroatoms. The zero-order chi connectivity index (χ0) is 18.5. The van der Waals surface area contributed by atoms with Gasteiger partial charge in [0.05, 0.1) is 0 Å². The quantitative estimate of drug-likeness (QED) is 0.670. The Balaban J connectivity index is 1.67. The summed E-state index contributed by atoms with van der Waals surface area (Å²) in [6, 6.07) is 12.6. The molecule has 0 saturated carbocycles. The van der Waals surface area contributed by atoms with Gasteiger partial charge < -0.3 is 14.4 Å². The Kier molecular flexibility index (Phi) is 5.65. The van der Waals surface area contributed by atoms with E-state index < -0.39 is 11.2 Å². The van der Waals surface area contributed by atoms with Gasteiger partial charge in [-0.05, 0) is 30.2 Å². The molecule has 2 aromatic heterocycles. The van der Waals surface area contributed by atoms with Crippen LogP contribution in [0.15, 0.2) is 53.8 Å². The van der Waals surface area contributed by atoms with Gasteiger partial charge in [-0.25, -0.2) is 0 Å². The molecule has 0 saturated heterocycles. The Morgan fingerprint density at radius 2 is 2.04 bits per heavy atom. The van der Waals surface area contributed by atoms with E-state index in [1.54, 1.807) is 24.5 Å². The second-order valence-corrected chi connectivity index (χ2v) is 7.15. The molecule has 134 valence electrons. The molecule has 1 amide bonds. The molecule has 0 aliphatic rings. The lowest BCUT2D eigenvalue weighted by Gasteiger charge is -2.08. The first kappa shape index (κ1) is 18.1. The first-order valence-corrected chi connectivity index (χ1v) is 9.62. The molecule has 2 heterocycles. The average Bonchev–Trinajstić information content (AvgIpc) is 3.05. The van der Waals surface area contributed by atoms with Crippen molar-refractivity contribution in [2.24, 2.45) is 7.05 Å². The smallest absolute Gasteiger partial charge is 0.274 e. The number of carbonyl (C=O) groups excluding carboxylic acids is 1. The fraction of sp³-hybridized carbons (Fsp3) is 0.222. The van der Waals surface area contributed by atoms with E-state index in [0.717, 1.165) is 24.2 Å². The lowest BCUT2D eigenvalue weighted by atomic mass is 10.1. The Morgan fingerprint density at radius 3 is 2.77 bits per heavy atom. The third-order valence-electron chi connectivity index (χ3n) is 3.88. The molecule has 1 unspecified atom stereocenters. The van der Waals surface area contributed by atoms with E-state index >= 15 is 0 Å². The summed E-state index contributed by atoms with van der Waals surface area (Å²) in [7, 11) is 1.91. The highest BCUT2D eigenvalue weighted by Gasteiger charge is 2.13. The zero-order valence-electron chi connectivity index (χ0n) is 14.5. The molecule has 0 bridgehead atoms. The molecule has 3 aromatic rings. The van der Waals surface area contributed by atoms with E-state index in [4.69, 9.17) is 0 Å². The van der Waals surface area contributed by atoms with E-state index in [2.05, 4.69) is 20.5 Å². The van der Waals surface area contributed by atoms with Crippen molar-refractivity contribution in [3.05, 3.63) is 65.9 Å². The summed E-state index contributed by atoms with van der Waals surface area (Å²) in [5.74, 6) is 0.579. The minimum Gasteiger partial charge on any atom is -0.610 e. The number of aromatic nitrogens is 4. The topological polar surface area (TPSA) is 95.8 Å². The van der Waals surface area contributed by atoms with Crippen LogP contribution in [-0.4, -0.2) is 36.5 Å². The van der Waals surface area contributed by atoms with Gasteiger partial charge in [0.1, 0.15) is 24.1 Å². The van der Waals surface area contributed by atoms with Crippen molar-refractivity contribution >= 4 is 22.8 Å². The highest BCUT2D eigenvalue weighted by molar-refractivity contribution is 7.90. The molecule has 0 spiro atoms. The maximum absolute atomic E-state index is 12.4. The highest BCUT2D eigenvalue weighted by Crippen LogP contribution is 2.14. The Bertz CT molecular complexity index is 910. The molecule has 1 aromatic carbocycles. The third-order valence-corrected chi connectivity index (χ3v) is 4.69.